The van der Waals surface area contributed by atoms with Crippen molar-refractivity contribution >= 4 is 32.6 Å². The molecule has 0 fully saturated rings. The zero-order valence-corrected chi connectivity index (χ0v) is 16.4. The molecule has 0 aliphatic heterocycles. The van der Waals surface area contributed by atoms with E-state index in [1.807, 2.05) is 49.4 Å². The van der Waals surface area contributed by atoms with Gasteiger partial charge >= 0.3 is 0 Å². The van der Waals surface area contributed by atoms with Crippen LogP contribution in [0.25, 0.3) is 10.2 Å². The van der Waals surface area contributed by atoms with Crippen LogP contribution in [0.2, 0.25) is 0 Å². The van der Waals surface area contributed by atoms with Gasteiger partial charge in [-0.3, -0.25) is 9.69 Å². The first-order valence-electron chi connectivity index (χ1n) is 8.60. The first-order valence-corrected chi connectivity index (χ1v) is 9.42. The molecule has 26 heavy (non-hydrogen) atoms. The lowest BCUT2D eigenvalue weighted by atomic mass is 10.1. The first-order chi connectivity index (χ1) is 12.5. The normalized spacial score (nSPS) is 11.1. The third kappa shape index (κ3) is 3.86. The second kappa shape index (κ2) is 7.85. The molecule has 0 spiro atoms. The summed E-state index contributed by atoms with van der Waals surface area (Å²) in [4.78, 5) is 21.0. The Hall–Kier alpha value is -2.44. The number of rotatable bonds is 6. The molecule has 0 aliphatic carbocycles. The average molecular weight is 370 g/mol. The quantitative estimate of drug-likeness (QED) is 0.725. The SMILES string of the molecule is COc1cccc2sc(N(CC[NH+](C)C)C(=O)c3cccc(C)c3)nc12. The van der Waals surface area contributed by atoms with Crippen LogP contribution >= 0.6 is 11.3 Å². The van der Waals surface area contributed by atoms with Crippen molar-refractivity contribution < 1.29 is 14.4 Å². The number of thiazole rings is 1. The van der Waals surface area contributed by atoms with Gasteiger partial charge in [0, 0.05) is 5.56 Å². The van der Waals surface area contributed by atoms with Gasteiger partial charge in [-0.2, -0.15) is 0 Å². The highest BCUT2D eigenvalue weighted by molar-refractivity contribution is 7.22. The number of amides is 1. The number of benzene rings is 2. The Bertz CT molecular complexity index is 920. The number of carbonyl (C=O) groups excluding carboxylic acids is 1. The maximum absolute atomic E-state index is 13.2. The number of carbonyl (C=O) groups is 1. The van der Waals surface area contributed by atoms with Crippen LogP contribution in [0.1, 0.15) is 15.9 Å². The lowest BCUT2D eigenvalue weighted by Crippen LogP contribution is -3.06. The van der Waals surface area contributed by atoms with Gasteiger partial charge < -0.3 is 9.64 Å². The molecule has 1 amide bonds. The van der Waals surface area contributed by atoms with Gasteiger partial charge in [-0.1, -0.05) is 35.1 Å². The van der Waals surface area contributed by atoms with Gasteiger partial charge in [-0.05, 0) is 31.2 Å². The van der Waals surface area contributed by atoms with E-state index in [0.717, 1.165) is 28.1 Å². The van der Waals surface area contributed by atoms with Crippen LogP contribution in [0, 0.1) is 6.92 Å². The van der Waals surface area contributed by atoms with Crippen molar-refractivity contribution in [1.29, 1.82) is 0 Å². The van der Waals surface area contributed by atoms with Crippen LogP contribution in [0.3, 0.4) is 0 Å². The Morgan fingerprint density at radius 3 is 2.69 bits per heavy atom. The maximum Gasteiger partial charge on any atom is 0.260 e. The minimum absolute atomic E-state index is 0.0204. The predicted octanol–water partition coefficient (Wildman–Crippen LogP) is 2.40. The molecule has 6 heteroatoms. The number of hydrogen-bond donors (Lipinski definition) is 1. The lowest BCUT2D eigenvalue weighted by molar-refractivity contribution is -0.856. The van der Waals surface area contributed by atoms with Crippen molar-refractivity contribution in [2.24, 2.45) is 0 Å². The summed E-state index contributed by atoms with van der Waals surface area (Å²) < 4.78 is 6.43. The molecule has 3 rings (SSSR count). The van der Waals surface area contributed by atoms with Crippen LogP contribution in [0.15, 0.2) is 42.5 Å². The van der Waals surface area contributed by atoms with Crippen molar-refractivity contribution in [2.45, 2.75) is 6.92 Å². The fourth-order valence-electron chi connectivity index (χ4n) is 2.75. The van der Waals surface area contributed by atoms with Crippen LogP contribution in [0.5, 0.6) is 5.75 Å². The molecule has 0 saturated heterocycles. The van der Waals surface area contributed by atoms with E-state index in [4.69, 9.17) is 9.72 Å². The first kappa shape index (κ1) is 18.4. The fourth-order valence-corrected chi connectivity index (χ4v) is 3.75. The van der Waals surface area contributed by atoms with Gasteiger partial charge in [0.05, 0.1) is 39.0 Å². The maximum atomic E-state index is 13.2. The molecule has 3 aromatic rings. The predicted molar refractivity (Wildman–Crippen MR) is 107 cm³/mol. The molecule has 0 saturated carbocycles. The third-order valence-corrected chi connectivity index (χ3v) is 5.21. The van der Waals surface area contributed by atoms with Gasteiger partial charge in [0.1, 0.15) is 11.3 Å². The largest absolute Gasteiger partial charge is 0.494 e. The van der Waals surface area contributed by atoms with Crippen molar-refractivity contribution in [3.05, 3.63) is 53.6 Å². The summed E-state index contributed by atoms with van der Waals surface area (Å²) in [5, 5.41) is 0.706. The molecule has 1 aromatic heterocycles. The summed E-state index contributed by atoms with van der Waals surface area (Å²) in [7, 11) is 5.80. The van der Waals surface area contributed by atoms with Gasteiger partial charge in [0.25, 0.3) is 5.91 Å². The zero-order chi connectivity index (χ0) is 18.7. The number of fused-ring (bicyclic) bond motifs is 1. The number of para-hydroxylation sites is 1. The number of methoxy groups -OCH3 is 1. The van der Waals surface area contributed by atoms with Gasteiger partial charge in [-0.15, -0.1) is 0 Å². The molecule has 0 bridgehead atoms. The molecule has 0 aliphatic rings. The molecule has 0 atom stereocenters. The molecule has 136 valence electrons. The number of quaternary nitrogens is 1. The van der Waals surface area contributed by atoms with E-state index in [1.54, 1.807) is 12.0 Å². The van der Waals surface area contributed by atoms with E-state index in [2.05, 4.69) is 14.1 Å². The molecule has 5 nitrogen and oxygen atoms in total. The smallest absolute Gasteiger partial charge is 0.260 e. The molecule has 1 heterocycles. The Morgan fingerprint density at radius 1 is 1.23 bits per heavy atom. The number of nitrogens with zero attached hydrogens (tertiary/aromatic N) is 2. The van der Waals surface area contributed by atoms with Gasteiger partial charge in [-0.25, -0.2) is 4.98 Å². The Balaban J connectivity index is 2.02. The van der Waals surface area contributed by atoms with Gasteiger partial charge in [0.15, 0.2) is 5.13 Å². The average Bonchev–Trinajstić information content (AvgIpc) is 3.05. The minimum Gasteiger partial charge on any atom is -0.494 e. The molecule has 0 unspecified atom stereocenters. The van der Waals surface area contributed by atoms with Crippen molar-refractivity contribution in [3.8, 4) is 5.75 Å². The lowest BCUT2D eigenvalue weighted by Gasteiger charge is -2.21. The third-order valence-electron chi connectivity index (χ3n) is 4.17. The summed E-state index contributed by atoms with van der Waals surface area (Å²) in [6, 6.07) is 13.5. The van der Waals surface area contributed by atoms with Crippen LogP contribution in [0.4, 0.5) is 5.13 Å². The van der Waals surface area contributed by atoms with Crippen LogP contribution < -0.4 is 14.5 Å². The molecular formula is C20H24N3O2S+. The van der Waals surface area contributed by atoms with E-state index >= 15 is 0 Å². The number of aromatic nitrogens is 1. The summed E-state index contributed by atoms with van der Waals surface area (Å²) in [5.74, 6) is 0.708. The number of likely N-dealkylation sites (N-methyl/N-ethyl adjacent to an activating group) is 1. The minimum atomic E-state index is -0.0204. The van der Waals surface area contributed by atoms with E-state index in [0.29, 0.717) is 17.2 Å². The highest BCUT2D eigenvalue weighted by Gasteiger charge is 2.23. The highest BCUT2D eigenvalue weighted by Crippen LogP contribution is 2.34. The molecule has 1 N–H and O–H groups in total. The van der Waals surface area contributed by atoms with Gasteiger partial charge in [0.2, 0.25) is 0 Å². The standard InChI is InChI=1S/C20H23N3O2S/c1-14-7-5-8-15(13-14)19(24)23(12-11-22(2)3)20-21-18-16(25-4)9-6-10-17(18)26-20/h5-10,13H,11-12H2,1-4H3/p+1. The Labute approximate surface area is 157 Å². The van der Waals surface area contributed by atoms with E-state index in [-0.39, 0.29) is 5.91 Å². The molecule has 0 radical (unpaired) electrons. The molecule has 2 aromatic carbocycles. The highest BCUT2D eigenvalue weighted by atomic mass is 32.1. The second-order valence-corrected chi connectivity index (χ2v) is 7.60. The number of aryl methyl sites for hydroxylation is 1. The van der Waals surface area contributed by atoms with Crippen LogP contribution in [-0.2, 0) is 0 Å². The Morgan fingerprint density at radius 2 is 2.00 bits per heavy atom. The number of anilines is 1. The number of nitrogens with one attached hydrogen (secondary N) is 1. The summed E-state index contributed by atoms with van der Waals surface area (Å²) >= 11 is 1.52. The van der Waals surface area contributed by atoms with Crippen molar-refractivity contribution in [3.63, 3.8) is 0 Å². The summed E-state index contributed by atoms with van der Waals surface area (Å²) in [6.07, 6.45) is 0. The molecular weight excluding hydrogens is 346 g/mol. The Kier molecular flexibility index (Phi) is 5.54. The van der Waals surface area contributed by atoms with Crippen molar-refractivity contribution in [2.75, 3.05) is 39.2 Å². The summed E-state index contributed by atoms with van der Waals surface area (Å²) in [6.45, 7) is 3.44. The zero-order valence-electron chi connectivity index (χ0n) is 15.6. The van der Waals surface area contributed by atoms with Crippen LogP contribution in [-0.4, -0.2) is 45.2 Å². The van der Waals surface area contributed by atoms with Crippen molar-refractivity contribution in [1.82, 2.24) is 4.98 Å². The monoisotopic (exact) mass is 370 g/mol. The fraction of sp³-hybridized carbons (Fsp3) is 0.300. The van der Waals surface area contributed by atoms with E-state index in [1.165, 1.54) is 16.2 Å². The van der Waals surface area contributed by atoms with E-state index < -0.39 is 0 Å². The van der Waals surface area contributed by atoms with E-state index in [9.17, 15) is 4.79 Å². The number of hydrogen-bond acceptors (Lipinski definition) is 4. The number of ether oxygens (including phenoxy) is 1. The summed E-state index contributed by atoms with van der Waals surface area (Å²) in [5.41, 5.74) is 2.55. The topological polar surface area (TPSA) is 46.9 Å². The second-order valence-electron chi connectivity index (χ2n) is 6.59.